The van der Waals surface area contributed by atoms with Crippen LogP contribution < -0.4 is 5.32 Å². The van der Waals surface area contributed by atoms with E-state index >= 15 is 0 Å². The average Bonchev–Trinajstić information content (AvgIpc) is 2.84. The van der Waals surface area contributed by atoms with Crippen LogP contribution in [0.4, 0.5) is 0 Å². The van der Waals surface area contributed by atoms with Crippen LogP contribution in [-0.4, -0.2) is 22.6 Å². The quantitative estimate of drug-likeness (QED) is 0.702. The summed E-state index contributed by atoms with van der Waals surface area (Å²) in [4.78, 5) is 4.59. The standard InChI is InChI=1S/C18H21N3/c1-15-20-17-9-5-6-10-18(17)21(15)14-13-19-12-11-16-7-3-2-4-8-16/h2-10,19H,11-14H2,1H3. The Bertz CT molecular complexity index is 701. The van der Waals surface area contributed by atoms with Crippen molar-refractivity contribution in [3.8, 4) is 0 Å². The molecule has 0 aliphatic heterocycles. The predicted octanol–water partition coefficient (Wildman–Crippen LogP) is 3.18. The topological polar surface area (TPSA) is 29.9 Å². The molecule has 108 valence electrons. The molecule has 1 N–H and O–H groups in total. The van der Waals surface area contributed by atoms with Crippen molar-refractivity contribution in [2.24, 2.45) is 0 Å². The number of hydrogen-bond donors (Lipinski definition) is 1. The molecular weight excluding hydrogens is 258 g/mol. The molecule has 2 aromatic carbocycles. The van der Waals surface area contributed by atoms with Crippen molar-refractivity contribution in [2.75, 3.05) is 13.1 Å². The summed E-state index contributed by atoms with van der Waals surface area (Å²) in [5, 5.41) is 3.52. The summed E-state index contributed by atoms with van der Waals surface area (Å²) in [6.45, 7) is 5.01. The lowest BCUT2D eigenvalue weighted by Crippen LogP contribution is -2.22. The molecule has 3 aromatic rings. The van der Waals surface area contributed by atoms with Crippen molar-refractivity contribution in [1.82, 2.24) is 14.9 Å². The largest absolute Gasteiger partial charge is 0.327 e. The monoisotopic (exact) mass is 279 g/mol. The van der Waals surface area contributed by atoms with E-state index in [0.29, 0.717) is 0 Å². The van der Waals surface area contributed by atoms with Crippen LogP contribution in [0.5, 0.6) is 0 Å². The number of rotatable bonds is 6. The Morgan fingerprint density at radius 1 is 0.952 bits per heavy atom. The van der Waals surface area contributed by atoms with E-state index in [0.717, 1.165) is 37.4 Å². The van der Waals surface area contributed by atoms with Gasteiger partial charge in [0.2, 0.25) is 0 Å². The maximum atomic E-state index is 4.59. The molecule has 3 rings (SSSR count). The Labute approximate surface area is 125 Å². The Balaban J connectivity index is 1.52. The second-order valence-corrected chi connectivity index (χ2v) is 5.28. The first-order valence-corrected chi connectivity index (χ1v) is 7.51. The first kappa shape index (κ1) is 13.8. The van der Waals surface area contributed by atoms with E-state index in [1.54, 1.807) is 0 Å². The Morgan fingerprint density at radius 3 is 2.57 bits per heavy atom. The van der Waals surface area contributed by atoms with Crippen molar-refractivity contribution in [3.63, 3.8) is 0 Å². The lowest BCUT2D eigenvalue weighted by atomic mass is 10.1. The number of hydrogen-bond acceptors (Lipinski definition) is 2. The van der Waals surface area contributed by atoms with Gasteiger partial charge in [0, 0.05) is 13.1 Å². The fourth-order valence-electron chi connectivity index (χ4n) is 2.67. The molecule has 1 aromatic heterocycles. The maximum absolute atomic E-state index is 4.59. The summed E-state index contributed by atoms with van der Waals surface area (Å²) in [6, 6.07) is 18.9. The highest BCUT2D eigenvalue weighted by molar-refractivity contribution is 5.75. The van der Waals surface area contributed by atoms with Crippen LogP contribution >= 0.6 is 0 Å². The van der Waals surface area contributed by atoms with Crippen LogP contribution in [-0.2, 0) is 13.0 Å². The van der Waals surface area contributed by atoms with Gasteiger partial charge in [-0.1, -0.05) is 42.5 Å². The van der Waals surface area contributed by atoms with Gasteiger partial charge < -0.3 is 9.88 Å². The molecule has 0 fully saturated rings. The van der Waals surface area contributed by atoms with E-state index in [1.165, 1.54) is 11.1 Å². The van der Waals surface area contributed by atoms with Gasteiger partial charge in [-0.15, -0.1) is 0 Å². The highest BCUT2D eigenvalue weighted by atomic mass is 15.1. The minimum atomic E-state index is 0.959. The summed E-state index contributed by atoms with van der Waals surface area (Å²) >= 11 is 0. The van der Waals surface area contributed by atoms with Crippen LogP contribution in [0.15, 0.2) is 54.6 Å². The third-order valence-corrected chi connectivity index (χ3v) is 3.79. The minimum Gasteiger partial charge on any atom is -0.327 e. The average molecular weight is 279 g/mol. The molecule has 0 saturated carbocycles. The smallest absolute Gasteiger partial charge is 0.106 e. The van der Waals surface area contributed by atoms with Gasteiger partial charge in [-0.3, -0.25) is 0 Å². The third kappa shape index (κ3) is 3.31. The zero-order valence-corrected chi connectivity index (χ0v) is 12.4. The van der Waals surface area contributed by atoms with E-state index in [4.69, 9.17) is 0 Å². The molecule has 0 saturated heterocycles. The third-order valence-electron chi connectivity index (χ3n) is 3.79. The Morgan fingerprint density at radius 2 is 1.71 bits per heavy atom. The van der Waals surface area contributed by atoms with Crippen LogP contribution in [0, 0.1) is 6.92 Å². The van der Waals surface area contributed by atoms with Crippen molar-refractivity contribution in [3.05, 3.63) is 66.0 Å². The van der Waals surface area contributed by atoms with Gasteiger partial charge in [-0.05, 0) is 37.6 Å². The van der Waals surface area contributed by atoms with E-state index < -0.39 is 0 Å². The summed E-state index contributed by atoms with van der Waals surface area (Å²) in [7, 11) is 0. The van der Waals surface area contributed by atoms with E-state index in [9.17, 15) is 0 Å². The molecule has 3 nitrogen and oxygen atoms in total. The van der Waals surface area contributed by atoms with Crippen molar-refractivity contribution in [2.45, 2.75) is 19.9 Å². The molecule has 1 heterocycles. The number of nitrogens with zero attached hydrogens (tertiary/aromatic N) is 2. The number of imidazole rings is 1. The summed E-state index contributed by atoms with van der Waals surface area (Å²) in [6.07, 6.45) is 1.07. The molecule has 3 heteroatoms. The maximum Gasteiger partial charge on any atom is 0.106 e. The first-order chi connectivity index (χ1) is 10.3. The summed E-state index contributed by atoms with van der Waals surface area (Å²) in [5.41, 5.74) is 3.69. The molecule has 0 bridgehead atoms. The van der Waals surface area contributed by atoms with Gasteiger partial charge in [0.05, 0.1) is 11.0 Å². The fourth-order valence-corrected chi connectivity index (χ4v) is 2.67. The Hall–Kier alpha value is -2.13. The van der Waals surface area contributed by atoms with Crippen molar-refractivity contribution in [1.29, 1.82) is 0 Å². The van der Waals surface area contributed by atoms with Gasteiger partial charge in [0.15, 0.2) is 0 Å². The van der Waals surface area contributed by atoms with Crippen LogP contribution in [0.2, 0.25) is 0 Å². The zero-order valence-electron chi connectivity index (χ0n) is 12.4. The van der Waals surface area contributed by atoms with E-state index in [1.807, 2.05) is 6.07 Å². The normalized spacial score (nSPS) is 11.1. The van der Waals surface area contributed by atoms with Crippen LogP contribution in [0.3, 0.4) is 0 Å². The van der Waals surface area contributed by atoms with Gasteiger partial charge in [0.25, 0.3) is 0 Å². The second-order valence-electron chi connectivity index (χ2n) is 5.28. The predicted molar refractivity (Wildman–Crippen MR) is 87.5 cm³/mol. The number of benzene rings is 2. The van der Waals surface area contributed by atoms with Crippen LogP contribution in [0.1, 0.15) is 11.4 Å². The lowest BCUT2D eigenvalue weighted by molar-refractivity contribution is 0.598. The zero-order chi connectivity index (χ0) is 14.5. The second kappa shape index (κ2) is 6.55. The molecule has 0 unspecified atom stereocenters. The number of aryl methyl sites for hydroxylation is 1. The number of nitrogens with one attached hydrogen (secondary N) is 1. The SMILES string of the molecule is Cc1nc2ccccc2n1CCNCCc1ccccc1. The molecule has 0 atom stereocenters. The molecule has 0 spiro atoms. The lowest BCUT2D eigenvalue weighted by Gasteiger charge is -2.08. The highest BCUT2D eigenvalue weighted by Crippen LogP contribution is 2.14. The summed E-state index contributed by atoms with van der Waals surface area (Å²) < 4.78 is 2.28. The number of aromatic nitrogens is 2. The van der Waals surface area contributed by atoms with Crippen molar-refractivity contribution >= 4 is 11.0 Å². The highest BCUT2D eigenvalue weighted by Gasteiger charge is 2.05. The summed E-state index contributed by atoms with van der Waals surface area (Å²) in [5.74, 6) is 1.08. The molecule has 0 aliphatic carbocycles. The van der Waals surface area contributed by atoms with Gasteiger partial charge in [-0.25, -0.2) is 4.98 Å². The van der Waals surface area contributed by atoms with Gasteiger partial charge in [-0.2, -0.15) is 0 Å². The Kier molecular flexibility index (Phi) is 4.31. The van der Waals surface area contributed by atoms with Gasteiger partial charge in [0.1, 0.15) is 5.82 Å². The molecule has 0 radical (unpaired) electrons. The number of para-hydroxylation sites is 2. The molecule has 21 heavy (non-hydrogen) atoms. The number of fused-ring (bicyclic) bond motifs is 1. The van der Waals surface area contributed by atoms with E-state index in [-0.39, 0.29) is 0 Å². The van der Waals surface area contributed by atoms with Crippen LogP contribution in [0.25, 0.3) is 11.0 Å². The van der Waals surface area contributed by atoms with Gasteiger partial charge >= 0.3 is 0 Å². The minimum absolute atomic E-state index is 0.959. The van der Waals surface area contributed by atoms with Crippen molar-refractivity contribution < 1.29 is 0 Å². The molecular formula is C18H21N3. The van der Waals surface area contributed by atoms with E-state index in [2.05, 4.69) is 70.3 Å². The first-order valence-electron chi connectivity index (χ1n) is 7.51. The fraction of sp³-hybridized carbons (Fsp3) is 0.278. The molecule has 0 amide bonds. The molecule has 0 aliphatic rings.